The van der Waals surface area contributed by atoms with Crippen LogP contribution in [-0.2, 0) is 14.8 Å². The van der Waals surface area contributed by atoms with Gasteiger partial charge in [-0.3, -0.25) is 4.31 Å². The highest BCUT2D eigenvalue weighted by molar-refractivity contribution is 7.93. The van der Waals surface area contributed by atoms with Gasteiger partial charge in [0, 0.05) is 5.39 Å². The minimum Gasteiger partial charge on any atom is -0.548 e. The molecule has 5 nitrogen and oxygen atoms in total. The minimum absolute atomic E-state index is 0.147. The lowest BCUT2D eigenvalue weighted by Crippen LogP contribution is -2.47. The van der Waals surface area contributed by atoms with E-state index in [1.54, 1.807) is 30.3 Å². The van der Waals surface area contributed by atoms with Crippen LogP contribution in [0.25, 0.3) is 10.8 Å². The molecule has 0 unspecified atom stereocenters. The minimum atomic E-state index is -3.83. The zero-order valence-corrected chi connectivity index (χ0v) is 10.8. The second-order valence-electron chi connectivity index (χ2n) is 4.43. The lowest BCUT2D eigenvalue weighted by Gasteiger charge is -2.26. The number of sulfonamides is 1. The van der Waals surface area contributed by atoms with E-state index in [-0.39, 0.29) is 4.90 Å². The standard InChI is InChI=1S/C13H11NO4S/c1-8(13(15)16)14-10-6-2-4-9-5-3-7-11(12(9)10)19(14,17)18/h2-8H,1H3,(H,15,16)/p-1/t8-/m1/s1. The van der Waals surface area contributed by atoms with E-state index in [0.717, 1.165) is 9.69 Å². The van der Waals surface area contributed by atoms with Crippen LogP contribution in [0.5, 0.6) is 0 Å². The van der Waals surface area contributed by atoms with Crippen molar-refractivity contribution in [3.63, 3.8) is 0 Å². The number of anilines is 1. The third-order valence-electron chi connectivity index (χ3n) is 3.31. The Kier molecular flexibility index (Phi) is 2.34. The summed E-state index contributed by atoms with van der Waals surface area (Å²) in [5.41, 5.74) is 0.393. The monoisotopic (exact) mass is 276 g/mol. The molecule has 1 aliphatic rings. The topological polar surface area (TPSA) is 77.5 Å². The summed E-state index contributed by atoms with van der Waals surface area (Å²) in [6, 6.07) is 8.79. The summed E-state index contributed by atoms with van der Waals surface area (Å²) < 4.78 is 25.8. The summed E-state index contributed by atoms with van der Waals surface area (Å²) in [4.78, 5) is 11.2. The number of carbonyl (C=O) groups excluding carboxylic acids is 1. The van der Waals surface area contributed by atoms with Gasteiger partial charge in [-0.2, -0.15) is 0 Å². The summed E-state index contributed by atoms with van der Waals surface area (Å²) >= 11 is 0. The van der Waals surface area contributed by atoms with Crippen LogP contribution in [0.2, 0.25) is 0 Å². The van der Waals surface area contributed by atoms with E-state index in [0.29, 0.717) is 11.1 Å². The Morgan fingerprint density at radius 3 is 2.47 bits per heavy atom. The summed E-state index contributed by atoms with van der Waals surface area (Å²) in [7, 11) is -3.83. The Morgan fingerprint density at radius 2 is 1.84 bits per heavy atom. The van der Waals surface area contributed by atoms with Gasteiger partial charge in [0.25, 0.3) is 10.0 Å². The Bertz CT molecular complexity index is 792. The Balaban J connectivity index is 2.39. The maximum absolute atomic E-state index is 12.4. The summed E-state index contributed by atoms with van der Waals surface area (Å²) in [5.74, 6) is -1.42. The first-order chi connectivity index (χ1) is 8.94. The van der Waals surface area contributed by atoms with Gasteiger partial charge in [0.05, 0.1) is 22.6 Å². The van der Waals surface area contributed by atoms with Gasteiger partial charge in [0.2, 0.25) is 0 Å². The number of aliphatic carboxylic acids is 1. The molecule has 1 atom stereocenters. The molecule has 0 amide bonds. The third-order valence-corrected chi connectivity index (χ3v) is 5.24. The molecule has 0 aromatic heterocycles. The first-order valence-electron chi connectivity index (χ1n) is 5.71. The third kappa shape index (κ3) is 1.46. The van der Waals surface area contributed by atoms with E-state index in [2.05, 4.69) is 0 Å². The average Bonchev–Trinajstić information content (AvgIpc) is 2.59. The molecule has 6 heteroatoms. The van der Waals surface area contributed by atoms with Crippen LogP contribution < -0.4 is 9.41 Å². The van der Waals surface area contributed by atoms with Crippen molar-refractivity contribution < 1.29 is 18.3 Å². The fraction of sp³-hybridized carbons (Fsp3) is 0.154. The van der Waals surface area contributed by atoms with E-state index in [1.165, 1.54) is 13.0 Å². The van der Waals surface area contributed by atoms with Crippen molar-refractivity contribution in [2.45, 2.75) is 17.9 Å². The molecule has 0 spiro atoms. The summed E-state index contributed by atoms with van der Waals surface area (Å²) in [6.45, 7) is 1.30. The SMILES string of the molecule is C[C@H](C(=O)[O-])N1c2cccc3cccc(c23)S1(=O)=O. The van der Waals surface area contributed by atoms with Crippen LogP contribution >= 0.6 is 0 Å². The van der Waals surface area contributed by atoms with Crippen molar-refractivity contribution >= 4 is 32.5 Å². The molecular formula is C13H10NO4S-. The van der Waals surface area contributed by atoms with Gasteiger partial charge < -0.3 is 9.90 Å². The number of hydrogen-bond acceptors (Lipinski definition) is 4. The highest BCUT2D eigenvalue weighted by Gasteiger charge is 2.38. The zero-order valence-electron chi connectivity index (χ0n) is 10.0. The predicted octanol–water partition coefficient (Wildman–Crippen LogP) is 0.487. The Morgan fingerprint density at radius 1 is 1.21 bits per heavy atom. The molecule has 0 aliphatic carbocycles. The molecule has 2 aromatic rings. The van der Waals surface area contributed by atoms with Crippen LogP contribution in [0, 0.1) is 0 Å². The van der Waals surface area contributed by atoms with Gasteiger partial charge in [-0.05, 0) is 24.4 Å². The lowest BCUT2D eigenvalue weighted by molar-refractivity contribution is -0.306. The molecule has 1 heterocycles. The largest absolute Gasteiger partial charge is 0.548 e. The predicted molar refractivity (Wildman–Crippen MR) is 68.1 cm³/mol. The normalized spacial score (nSPS) is 17.6. The smallest absolute Gasteiger partial charge is 0.265 e. The van der Waals surface area contributed by atoms with E-state index >= 15 is 0 Å². The first kappa shape index (κ1) is 12.0. The van der Waals surface area contributed by atoms with Gasteiger partial charge in [-0.15, -0.1) is 0 Å². The van der Waals surface area contributed by atoms with Gasteiger partial charge >= 0.3 is 0 Å². The lowest BCUT2D eigenvalue weighted by atomic mass is 10.1. The van der Waals surface area contributed by atoms with Crippen LogP contribution in [0.1, 0.15) is 6.92 Å². The van der Waals surface area contributed by atoms with Gasteiger partial charge in [-0.25, -0.2) is 8.42 Å². The first-order valence-corrected chi connectivity index (χ1v) is 7.15. The van der Waals surface area contributed by atoms with E-state index < -0.39 is 22.0 Å². The number of nitrogens with zero attached hydrogens (tertiary/aromatic N) is 1. The molecular weight excluding hydrogens is 266 g/mol. The fourth-order valence-corrected chi connectivity index (χ4v) is 4.29. The van der Waals surface area contributed by atoms with Crippen LogP contribution in [-0.4, -0.2) is 20.4 Å². The fourth-order valence-electron chi connectivity index (χ4n) is 2.43. The highest BCUT2D eigenvalue weighted by Crippen LogP contribution is 2.42. The summed E-state index contributed by atoms with van der Waals surface area (Å²) in [5, 5.41) is 12.4. The molecule has 2 aromatic carbocycles. The molecule has 98 valence electrons. The second kappa shape index (κ2) is 3.71. The number of carboxylic acid groups (broad SMARTS) is 1. The molecule has 0 fully saturated rings. The second-order valence-corrected chi connectivity index (χ2v) is 6.21. The molecule has 19 heavy (non-hydrogen) atoms. The van der Waals surface area contributed by atoms with E-state index in [4.69, 9.17) is 0 Å². The number of carbonyl (C=O) groups is 1. The zero-order chi connectivity index (χ0) is 13.8. The molecule has 0 bridgehead atoms. The number of rotatable bonds is 2. The average molecular weight is 276 g/mol. The quantitative estimate of drug-likeness (QED) is 0.799. The number of carboxylic acids is 1. The van der Waals surface area contributed by atoms with Gasteiger partial charge in [0.1, 0.15) is 0 Å². The van der Waals surface area contributed by atoms with Crippen LogP contribution in [0.3, 0.4) is 0 Å². The van der Waals surface area contributed by atoms with Crippen molar-refractivity contribution in [3.05, 3.63) is 36.4 Å². The maximum atomic E-state index is 12.4. The van der Waals surface area contributed by atoms with Crippen LogP contribution in [0.15, 0.2) is 41.3 Å². The van der Waals surface area contributed by atoms with E-state index in [1.807, 2.05) is 0 Å². The Hall–Kier alpha value is -2.08. The molecule has 0 radical (unpaired) electrons. The molecule has 3 rings (SSSR count). The van der Waals surface area contributed by atoms with Gasteiger partial charge in [-0.1, -0.05) is 24.3 Å². The summed E-state index contributed by atoms with van der Waals surface area (Å²) in [6.07, 6.45) is 0. The number of benzene rings is 2. The number of hydrogen-bond donors (Lipinski definition) is 0. The van der Waals surface area contributed by atoms with Crippen molar-refractivity contribution in [3.8, 4) is 0 Å². The molecule has 0 saturated heterocycles. The maximum Gasteiger partial charge on any atom is 0.265 e. The van der Waals surface area contributed by atoms with Crippen molar-refractivity contribution in [2.75, 3.05) is 4.31 Å². The van der Waals surface area contributed by atoms with Gasteiger partial charge in [0.15, 0.2) is 0 Å². The Labute approximate surface area is 110 Å². The van der Waals surface area contributed by atoms with Crippen molar-refractivity contribution in [1.82, 2.24) is 0 Å². The molecule has 0 saturated carbocycles. The van der Waals surface area contributed by atoms with E-state index in [9.17, 15) is 18.3 Å². The van der Waals surface area contributed by atoms with Crippen molar-refractivity contribution in [2.24, 2.45) is 0 Å². The van der Waals surface area contributed by atoms with Crippen LogP contribution in [0.4, 0.5) is 5.69 Å². The highest BCUT2D eigenvalue weighted by atomic mass is 32.2. The van der Waals surface area contributed by atoms with Crippen molar-refractivity contribution in [1.29, 1.82) is 0 Å². The molecule has 0 N–H and O–H groups in total. The molecule has 1 aliphatic heterocycles.